The van der Waals surface area contributed by atoms with E-state index >= 15 is 0 Å². The molecule has 2 rings (SSSR count). The van der Waals surface area contributed by atoms with Crippen molar-refractivity contribution in [2.75, 3.05) is 5.32 Å². The van der Waals surface area contributed by atoms with E-state index in [1.54, 1.807) is 0 Å². The zero-order chi connectivity index (χ0) is 11.5. The molecule has 0 aliphatic heterocycles. The SMILES string of the molecule is O=C(Nc1cc(=O)[nH]c(=O)[nH]1)c1ncn[nH]1. The number of rotatable bonds is 2. The molecule has 0 saturated carbocycles. The summed E-state index contributed by atoms with van der Waals surface area (Å²) in [5.41, 5.74) is -1.32. The molecule has 0 aliphatic carbocycles. The van der Waals surface area contributed by atoms with E-state index in [9.17, 15) is 14.4 Å². The molecule has 0 bridgehead atoms. The summed E-state index contributed by atoms with van der Waals surface area (Å²) in [7, 11) is 0. The van der Waals surface area contributed by atoms with Crippen molar-refractivity contribution in [1.82, 2.24) is 25.1 Å². The van der Waals surface area contributed by atoms with E-state index in [4.69, 9.17) is 0 Å². The molecule has 2 aromatic heterocycles. The molecular weight excluding hydrogens is 216 g/mol. The van der Waals surface area contributed by atoms with Crippen molar-refractivity contribution in [3.8, 4) is 0 Å². The van der Waals surface area contributed by atoms with Crippen molar-refractivity contribution in [2.45, 2.75) is 0 Å². The van der Waals surface area contributed by atoms with Crippen molar-refractivity contribution in [1.29, 1.82) is 0 Å². The molecular formula is C7H6N6O3. The van der Waals surface area contributed by atoms with E-state index in [-0.39, 0.29) is 11.6 Å². The average Bonchev–Trinajstić information content (AvgIpc) is 2.68. The minimum atomic E-state index is -0.708. The quantitative estimate of drug-likeness (QED) is 0.486. The first kappa shape index (κ1) is 9.83. The number of aromatic amines is 3. The molecule has 0 spiro atoms. The van der Waals surface area contributed by atoms with Gasteiger partial charge >= 0.3 is 5.69 Å². The van der Waals surface area contributed by atoms with E-state index in [2.05, 4.69) is 25.5 Å². The third-order valence-corrected chi connectivity index (χ3v) is 1.64. The molecule has 16 heavy (non-hydrogen) atoms. The molecule has 2 aromatic rings. The van der Waals surface area contributed by atoms with Gasteiger partial charge in [-0.25, -0.2) is 9.78 Å². The van der Waals surface area contributed by atoms with E-state index in [1.807, 2.05) is 4.98 Å². The summed E-state index contributed by atoms with van der Waals surface area (Å²) >= 11 is 0. The molecule has 0 fully saturated rings. The molecule has 0 aromatic carbocycles. The number of nitrogens with zero attached hydrogens (tertiary/aromatic N) is 2. The summed E-state index contributed by atoms with van der Waals surface area (Å²) in [6.45, 7) is 0. The summed E-state index contributed by atoms with van der Waals surface area (Å²) in [5, 5.41) is 8.10. The van der Waals surface area contributed by atoms with Crippen LogP contribution in [0, 0.1) is 0 Å². The maximum Gasteiger partial charge on any atom is 0.327 e. The van der Waals surface area contributed by atoms with E-state index in [1.165, 1.54) is 0 Å². The molecule has 0 saturated heterocycles. The topological polar surface area (TPSA) is 136 Å². The van der Waals surface area contributed by atoms with Crippen LogP contribution in [0.25, 0.3) is 0 Å². The highest BCUT2D eigenvalue weighted by atomic mass is 16.2. The molecule has 0 unspecified atom stereocenters. The number of carbonyl (C=O) groups excluding carboxylic acids is 1. The Morgan fingerprint density at radius 2 is 2.12 bits per heavy atom. The van der Waals surface area contributed by atoms with Crippen LogP contribution in [0.2, 0.25) is 0 Å². The van der Waals surface area contributed by atoms with Crippen molar-refractivity contribution in [2.24, 2.45) is 0 Å². The second kappa shape index (κ2) is 3.81. The minimum absolute atomic E-state index is 0.0184. The highest BCUT2D eigenvalue weighted by molar-refractivity contribution is 6.00. The van der Waals surface area contributed by atoms with Crippen molar-refractivity contribution < 1.29 is 4.79 Å². The van der Waals surface area contributed by atoms with Crippen molar-refractivity contribution in [3.05, 3.63) is 39.1 Å². The van der Waals surface area contributed by atoms with Gasteiger partial charge in [-0.15, -0.1) is 0 Å². The molecule has 0 aliphatic rings. The van der Waals surface area contributed by atoms with Crippen molar-refractivity contribution in [3.63, 3.8) is 0 Å². The third kappa shape index (κ3) is 2.03. The predicted molar refractivity (Wildman–Crippen MR) is 52.0 cm³/mol. The highest BCUT2D eigenvalue weighted by Crippen LogP contribution is 1.96. The zero-order valence-electron chi connectivity index (χ0n) is 7.77. The average molecular weight is 222 g/mol. The van der Waals surface area contributed by atoms with E-state index < -0.39 is 17.2 Å². The Morgan fingerprint density at radius 1 is 1.31 bits per heavy atom. The van der Waals surface area contributed by atoms with Crippen LogP contribution in [0.15, 0.2) is 22.0 Å². The van der Waals surface area contributed by atoms with Crippen LogP contribution in [0.4, 0.5) is 5.82 Å². The molecule has 9 nitrogen and oxygen atoms in total. The van der Waals surface area contributed by atoms with Crippen molar-refractivity contribution >= 4 is 11.7 Å². The molecule has 4 N–H and O–H groups in total. The van der Waals surface area contributed by atoms with Gasteiger partial charge in [0.2, 0.25) is 5.82 Å². The maximum absolute atomic E-state index is 11.4. The number of carbonyl (C=O) groups is 1. The van der Waals surface area contributed by atoms with Gasteiger partial charge in [0.25, 0.3) is 11.5 Å². The Hall–Kier alpha value is -2.71. The summed E-state index contributed by atoms with van der Waals surface area (Å²) in [4.78, 5) is 41.0. The van der Waals surface area contributed by atoms with Crippen LogP contribution >= 0.6 is 0 Å². The second-order valence-corrected chi connectivity index (χ2v) is 2.79. The number of H-pyrrole nitrogens is 3. The second-order valence-electron chi connectivity index (χ2n) is 2.79. The Morgan fingerprint density at radius 3 is 2.75 bits per heavy atom. The normalized spacial score (nSPS) is 10.0. The van der Waals surface area contributed by atoms with E-state index in [0.717, 1.165) is 12.4 Å². The van der Waals surface area contributed by atoms with Gasteiger partial charge in [-0.3, -0.25) is 24.7 Å². The summed E-state index contributed by atoms with van der Waals surface area (Å²) in [6.07, 6.45) is 1.16. The van der Waals surface area contributed by atoms with Crippen LogP contribution in [0.1, 0.15) is 10.6 Å². The Bertz CT molecular complexity index is 581. The lowest BCUT2D eigenvalue weighted by Gasteiger charge is -2.00. The number of hydrogen-bond acceptors (Lipinski definition) is 5. The largest absolute Gasteiger partial charge is 0.327 e. The number of nitrogens with one attached hydrogen (secondary N) is 4. The van der Waals surface area contributed by atoms with Crippen LogP contribution in [-0.4, -0.2) is 31.1 Å². The van der Waals surface area contributed by atoms with Gasteiger partial charge < -0.3 is 5.32 Å². The number of amides is 1. The fourth-order valence-corrected chi connectivity index (χ4v) is 1.03. The van der Waals surface area contributed by atoms with Gasteiger partial charge in [0, 0.05) is 6.07 Å². The number of anilines is 1. The molecule has 2 heterocycles. The maximum atomic E-state index is 11.4. The van der Waals surface area contributed by atoms with Gasteiger partial charge in [0.1, 0.15) is 12.1 Å². The van der Waals surface area contributed by atoms with Crippen LogP contribution < -0.4 is 16.6 Å². The summed E-state index contributed by atoms with van der Waals surface area (Å²) < 4.78 is 0. The molecule has 0 radical (unpaired) electrons. The van der Waals surface area contributed by atoms with Gasteiger partial charge in [0.15, 0.2) is 0 Å². The lowest BCUT2D eigenvalue weighted by atomic mass is 10.5. The van der Waals surface area contributed by atoms with Gasteiger partial charge in [-0.1, -0.05) is 0 Å². The number of hydrogen-bond donors (Lipinski definition) is 4. The first-order chi connectivity index (χ1) is 7.65. The summed E-state index contributed by atoms with van der Waals surface area (Å²) in [5.74, 6) is -0.657. The standard InChI is InChI=1S/C7H6N6O3/c14-4-1-3(11-7(16)12-4)10-6(15)5-8-2-9-13-5/h1-2H,(H,8,9,13)(H3,10,11,12,14,15,16). The fourth-order valence-electron chi connectivity index (χ4n) is 1.03. The fraction of sp³-hybridized carbons (Fsp3) is 0. The Labute approximate surface area is 86.9 Å². The Kier molecular flexibility index (Phi) is 2.34. The lowest BCUT2D eigenvalue weighted by molar-refractivity contribution is 0.101. The van der Waals surface area contributed by atoms with Crippen LogP contribution in [0.3, 0.4) is 0 Å². The zero-order valence-corrected chi connectivity index (χ0v) is 7.77. The first-order valence-electron chi connectivity index (χ1n) is 4.15. The molecule has 82 valence electrons. The van der Waals surface area contributed by atoms with Crippen LogP contribution in [0.5, 0.6) is 0 Å². The lowest BCUT2D eigenvalue weighted by Crippen LogP contribution is -2.25. The number of aromatic nitrogens is 5. The van der Waals surface area contributed by atoms with Gasteiger partial charge in [-0.2, -0.15) is 5.10 Å². The molecule has 0 atom stereocenters. The van der Waals surface area contributed by atoms with Gasteiger partial charge in [0.05, 0.1) is 0 Å². The smallest absolute Gasteiger partial charge is 0.305 e. The highest BCUT2D eigenvalue weighted by Gasteiger charge is 2.09. The third-order valence-electron chi connectivity index (χ3n) is 1.64. The minimum Gasteiger partial charge on any atom is -0.305 e. The van der Waals surface area contributed by atoms with E-state index in [0.29, 0.717) is 0 Å². The Balaban J connectivity index is 2.25. The van der Waals surface area contributed by atoms with Gasteiger partial charge in [-0.05, 0) is 0 Å². The summed E-state index contributed by atoms with van der Waals surface area (Å²) in [6, 6.07) is 1.04. The molecule has 9 heteroatoms. The molecule has 1 amide bonds. The monoisotopic (exact) mass is 222 g/mol. The van der Waals surface area contributed by atoms with Crippen LogP contribution in [-0.2, 0) is 0 Å². The predicted octanol–water partition coefficient (Wildman–Crippen LogP) is -1.57. The first-order valence-corrected chi connectivity index (χ1v) is 4.15.